The summed E-state index contributed by atoms with van der Waals surface area (Å²) < 4.78 is 18.5. The fourth-order valence-corrected chi connectivity index (χ4v) is 5.44. The van der Waals surface area contributed by atoms with E-state index >= 15 is 0 Å². The van der Waals surface area contributed by atoms with E-state index < -0.39 is 19.7 Å². The predicted octanol–water partition coefficient (Wildman–Crippen LogP) is 1.66. The van der Waals surface area contributed by atoms with Gasteiger partial charge in [-0.05, 0) is 0 Å². The van der Waals surface area contributed by atoms with E-state index in [1.165, 1.54) is 6.92 Å². The third-order valence-corrected chi connectivity index (χ3v) is 7.29. The minimum atomic E-state index is -2.58. The van der Waals surface area contributed by atoms with Crippen molar-refractivity contribution >= 4 is 29.3 Å². The molecule has 4 heteroatoms. The standard InChI is InChI=1S/C6H11O2.C6H5.O.Sn/c1-3-4-5-8-6(2)7;1-2-4-6-5-3-1;;/h1,3-5H2,2H3;1-5H;;. The van der Waals surface area contributed by atoms with E-state index in [2.05, 4.69) is 0 Å². The van der Waals surface area contributed by atoms with Gasteiger partial charge in [0, 0.05) is 0 Å². The molecule has 0 aromatic heterocycles. The zero-order chi connectivity index (χ0) is 11.8. The first-order chi connectivity index (χ1) is 7.70. The molecule has 86 valence electrons. The molecule has 0 aliphatic carbocycles. The third-order valence-electron chi connectivity index (χ3n) is 2.20. The molecule has 0 saturated heterocycles. The molecule has 0 fully saturated rings. The average Bonchev–Trinajstić information content (AvgIpc) is 2.29. The van der Waals surface area contributed by atoms with Gasteiger partial charge < -0.3 is 0 Å². The van der Waals surface area contributed by atoms with Crippen LogP contribution in [0, 0.1) is 0 Å². The molecule has 0 aliphatic rings. The molecule has 0 bridgehead atoms. The zero-order valence-corrected chi connectivity index (χ0v) is 12.3. The van der Waals surface area contributed by atoms with E-state index in [9.17, 15) is 7.87 Å². The predicted molar refractivity (Wildman–Crippen MR) is 63.2 cm³/mol. The minimum absolute atomic E-state index is 0.246. The number of rotatable bonds is 6. The molecular weight excluding hydrogens is 311 g/mol. The Labute approximate surface area is 103 Å². The topological polar surface area (TPSA) is 43.4 Å². The van der Waals surface area contributed by atoms with Crippen LogP contribution in [-0.4, -0.2) is 32.3 Å². The van der Waals surface area contributed by atoms with Gasteiger partial charge in [-0.3, -0.25) is 0 Å². The van der Waals surface area contributed by atoms with Crippen LogP contribution >= 0.6 is 0 Å². The summed E-state index contributed by atoms with van der Waals surface area (Å²) in [6.45, 7) is 1.85. The molecule has 16 heavy (non-hydrogen) atoms. The number of carbonyl (C=O) groups excluding carboxylic acids is 1. The van der Waals surface area contributed by atoms with Crippen molar-refractivity contribution in [3.05, 3.63) is 30.3 Å². The fraction of sp³-hybridized carbons (Fsp3) is 0.417. The van der Waals surface area contributed by atoms with Gasteiger partial charge >= 0.3 is 103 Å². The molecule has 3 nitrogen and oxygen atoms in total. The zero-order valence-electron chi connectivity index (χ0n) is 9.44. The first-order valence-corrected chi connectivity index (χ1v) is 10.0. The Hall–Kier alpha value is -0.711. The fourth-order valence-electron chi connectivity index (χ4n) is 1.37. The van der Waals surface area contributed by atoms with Gasteiger partial charge in [-0.2, -0.15) is 0 Å². The van der Waals surface area contributed by atoms with Gasteiger partial charge in [0.25, 0.3) is 0 Å². The SMILES string of the molecule is CC(=O)OCCC[CH2][Sn](=[O])[c]1ccccc1. The van der Waals surface area contributed by atoms with Crippen LogP contribution in [0.2, 0.25) is 4.44 Å². The average molecular weight is 327 g/mol. The van der Waals surface area contributed by atoms with Crippen molar-refractivity contribution in [2.24, 2.45) is 0 Å². The van der Waals surface area contributed by atoms with Crippen molar-refractivity contribution < 1.29 is 12.6 Å². The Morgan fingerprint density at radius 1 is 1.25 bits per heavy atom. The normalized spacial score (nSPS) is 9.81. The second-order valence-electron chi connectivity index (χ2n) is 3.59. The van der Waals surface area contributed by atoms with E-state index in [4.69, 9.17) is 4.74 Å². The van der Waals surface area contributed by atoms with E-state index in [1.54, 1.807) is 0 Å². The molecule has 0 spiro atoms. The monoisotopic (exact) mass is 328 g/mol. The van der Waals surface area contributed by atoms with Crippen LogP contribution < -0.4 is 3.58 Å². The molecule has 0 aliphatic heterocycles. The van der Waals surface area contributed by atoms with Gasteiger partial charge in [-0.25, -0.2) is 0 Å². The molecule has 0 atom stereocenters. The van der Waals surface area contributed by atoms with Crippen LogP contribution in [0.25, 0.3) is 0 Å². The van der Waals surface area contributed by atoms with Crippen molar-refractivity contribution in [1.82, 2.24) is 0 Å². The van der Waals surface area contributed by atoms with E-state index in [0.717, 1.165) is 20.9 Å². The van der Waals surface area contributed by atoms with Gasteiger partial charge in [0.05, 0.1) is 0 Å². The van der Waals surface area contributed by atoms with Crippen LogP contribution in [-0.2, 0) is 12.6 Å². The molecule has 0 radical (unpaired) electrons. The van der Waals surface area contributed by atoms with Gasteiger partial charge in [0.1, 0.15) is 0 Å². The second-order valence-corrected chi connectivity index (χ2v) is 9.08. The molecule has 1 aromatic carbocycles. The quantitative estimate of drug-likeness (QED) is 0.453. The maximum atomic E-state index is 11.9. The Morgan fingerprint density at radius 2 is 1.94 bits per heavy atom. The van der Waals surface area contributed by atoms with Gasteiger partial charge in [0.2, 0.25) is 0 Å². The second kappa shape index (κ2) is 7.54. The van der Waals surface area contributed by atoms with Crippen LogP contribution in [0.1, 0.15) is 19.8 Å². The summed E-state index contributed by atoms with van der Waals surface area (Å²) in [6.07, 6.45) is 1.68. The first kappa shape index (κ1) is 13.4. The number of benzene rings is 1. The number of hydrogen-bond donors (Lipinski definition) is 0. The number of carbonyl (C=O) groups is 1. The summed E-state index contributed by atoms with van der Waals surface area (Å²) >= 11 is -2.58. The molecule has 0 saturated carbocycles. The molecule has 0 amide bonds. The summed E-state index contributed by atoms with van der Waals surface area (Å²) in [5, 5.41) is 0. The van der Waals surface area contributed by atoms with Crippen LogP contribution in [0.5, 0.6) is 0 Å². The van der Waals surface area contributed by atoms with E-state index in [-0.39, 0.29) is 5.97 Å². The van der Waals surface area contributed by atoms with E-state index in [0.29, 0.717) is 6.61 Å². The summed E-state index contributed by atoms with van der Waals surface area (Å²) in [5.41, 5.74) is 0. The molecule has 1 aromatic rings. The molecular formula is C12H16O3Sn. The number of hydrogen-bond acceptors (Lipinski definition) is 3. The summed E-state index contributed by atoms with van der Waals surface area (Å²) in [5.74, 6) is -0.246. The first-order valence-electron chi connectivity index (χ1n) is 5.42. The van der Waals surface area contributed by atoms with Gasteiger partial charge in [-0.15, -0.1) is 0 Å². The molecule has 0 N–H and O–H groups in total. The van der Waals surface area contributed by atoms with Gasteiger partial charge in [-0.1, -0.05) is 0 Å². The Kier molecular flexibility index (Phi) is 6.30. The number of ether oxygens (including phenoxy) is 1. The summed E-state index contributed by atoms with van der Waals surface area (Å²) in [4.78, 5) is 10.5. The number of esters is 1. The summed E-state index contributed by atoms with van der Waals surface area (Å²) in [6, 6.07) is 9.65. The van der Waals surface area contributed by atoms with Crippen LogP contribution in [0.4, 0.5) is 0 Å². The number of unbranched alkanes of at least 4 members (excludes halogenated alkanes) is 1. The van der Waals surface area contributed by atoms with Crippen molar-refractivity contribution in [1.29, 1.82) is 0 Å². The summed E-state index contributed by atoms with van der Waals surface area (Å²) in [7, 11) is 0. The van der Waals surface area contributed by atoms with E-state index in [1.807, 2.05) is 30.3 Å². The molecule has 0 unspecified atom stereocenters. The van der Waals surface area contributed by atoms with Crippen molar-refractivity contribution in [3.8, 4) is 0 Å². The van der Waals surface area contributed by atoms with Crippen molar-refractivity contribution in [3.63, 3.8) is 0 Å². The van der Waals surface area contributed by atoms with Crippen LogP contribution in [0.15, 0.2) is 30.3 Å². The Balaban J connectivity index is 2.19. The van der Waals surface area contributed by atoms with Crippen molar-refractivity contribution in [2.75, 3.05) is 6.61 Å². The molecule has 1 rings (SSSR count). The molecule has 0 heterocycles. The van der Waals surface area contributed by atoms with Crippen molar-refractivity contribution in [2.45, 2.75) is 24.2 Å². The third kappa shape index (κ3) is 5.39. The van der Waals surface area contributed by atoms with Gasteiger partial charge in [0.15, 0.2) is 0 Å². The Morgan fingerprint density at radius 3 is 2.56 bits per heavy atom. The maximum absolute atomic E-state index is 11.9. The Bertz CT molecular complexity index is 349. The van der Waals surface area contributed by atoms with Crippen LogP contribution in [0.3, 0.4) is 0 Å².